The van der Waals surface area contributed by atoms with Crippen LogP contribution >= 0.6 is 0 Å². The van der Waals surface area contributed by atoms with Gasteiger partial charge < -0.3 is 9.47 Å². The lowest BCUT2D eigenvalue weighted by Gasteiger charge is -2.11. The Balaban J connectivity index is 3.53. The summed E-state index contributed by atoms with van der Waals surface area (Å²) in [5.41, 5.74) is 0. The van der Waals surface area contributed by atoms with Gasteiger partial charge in [0.2, 0.25) is 0 Å². The molecule has 0 aromatic carbocycles. The van der Waals surface area contributed by atoms with Crippen molar-refractivity contribution in [2.24, 2.45) is 5.92 Å². The van der Waals surface area contributed by atoms with E-state index in [1.807, 2.05) is 6.92 Å². The topological polar surface area (TPSA) is 52.6 Å². The van der Waals surface area contributed by atoms with Gasteiger partial charge in [-0.05, 0) is 12.8 Å². The maximum atomic E-state index is 11.4. The van der Waals surface area contributed by atoms with Crippen molar-refractivity contribution in [1.82, 2.24) is 0 Å². The summed E-state index contributed by atoms with van der Waals surface area (Å²) in [5.74, 6) is 2.60. The Labute approximate surface area is 109 Å². The molecule has 1 atom stereocenters. The van der Waals surface area contributed by atoms with Crippen LogP contribution < -0.4 is 0 Å². The quantitative estimate of drug-likeness (QED) is 0.340. The first-order chi connectivity index (χ1) is 8.60. The van der Waals surface area contributed by atoms with E-state index in [0.717, 1.165) is 6.42 Å². The number of rotatable bonds is 10. The minimum absolute atomic E-state index is 0.0899. The largest absolute Gasteiger partial charge is 0.463 e. The molecule has 0 aliphatic heterocycles. The highest BCUT2D eigenvalue weighted by molar-refractivity contribution is 5.75. The predicted molar refractivity (Wildman–Crippen MR) is 68.9 cm³/mol. The molecule has 0 N–H and O–H groups in total. The number of carbonyl (C=O) groups is 2. The fourth-order valence-electron chi connectivity index (χ4n) is 1.35. The van der Waals surface area contributed by atoms with E-state index in [1.165, 1.54) is 6.92 Å². The highest BCUT2D eigenvalue weighted by Crippen LogP contribution is 2.12. The molecule has 0 fully saturated rings. The van der Waals surface area contributed by atoms with Gasteiger partial charge in [0, 0.05) is 19.3 Å². The van der Waals surface area contributed by atoms with Crippen LogP contribution in [-0.4, -0.2) is 31.6 Å². The number of esters is 1. The molecule has 0 amide bonds. The average Bonchev–Trinajstić information content (AvgIpc) is 2.32. The summed E-state index contributed by atoms with van der Waals surface area (Å²) in [7, 11) is 0. The Bertz CT molecular complexity index is 291. The van der Waals surface area contributed by atoms with Crippen molar-refractivity contribution in [3.05, 3.63) is 0 Å². The van der Waals surface area contributed by atoms with Crippen LogP contribution in [0.15, 0.2) is 0 Å². The zero-order valence-corrected chi connectivity index (χ0v) is 11.2. The van der Waals surface area contributed by atoms with Gasteiger partial charge in [-0.15, -0.1) is 12.3 Å². The van der Waals surface area contributed by atoms with Gasteiger partial charge in [-0.3, -0.25) is 9.59 Å². The van der Waals surface area contributed by atoms with E-state index in [1.54, 1.807) is 0 Å². The highest BCUT2D eigenvalue weighted by Gasteiger charge is 2.11. The number of ketones is 1. The molecule has 4 nitrogen and oxygen atoms in total. The third kappa shape index (κ3) is 9.86. The van der Waals surface area contributed by atoms with E-state index in [-0.39, 0.29) is 24.3 Å². The summed E-state index contributed by atoms with van der Waals surface area (Å²) in [5, 5.41) is 0. The molecule has 0 aliphatic carbocycles. The van der Waals surface area contributed by atoms with E-state index in [2.05, 4.69) is 5.92 Å². The molecular formula is C14H22O4. The van der Waals surface area contributed by atoms with Crippen molar-refractivity contribution in [2.45, 2.75) is 39.5 Å². The number of hydrogen-bond acceptors (Lipinski definition) is 4. The Morgan fingerprint density at radius 3 is 2.56 bits per heavy atom. The second-order valence-electron chi connectivity index (χ2n) is 4.17. The maximum Gasteiger partial charge on any atom is 0.306 e. The van der Waals surface area contributed by atoms with Crippen molar-refractivity contribution in [3.8, 4) is 12.3 Å². The van der Waals surface area contributed by atoms with Crippen molar-refractivity contribution in [1.29, 1.82) is 0 Å². The summed E-state index contributed by atoms with van der Waals surface area (Å²) < 4.78 is 10.2. The van der Waals surface area contributed by atoms with Crippen LogP contribution in [0.3, 0.4) is 0 Å². The molecule has 0 bridgehead atoms. The third-order valence-electron chi connectivity index (χ3n) is 2.53. The summed E-state index contributed by atoms with van der Waals surface area (Å²) in [4.78, 5) is 22.0. The zero-order chi connectivity index (χ0) is 13.8. The minimum atomic E-state index is -0.243. The van der Waals surface area contributed by atoms with Gasteiger partial charge in [-0.2, -0.15) is 0 Å². The van der Waals surface area contributed by atoms with E-state index in [0.29, 0.717) is 32.5 Å². The second-order valence-corrected chi connectivity index (χ2v) is 4.17. The molecule has 0 aliphatic rings. The number of terminal acetylenes is 1. The fraction of sp³-hybridized carbons (Fsp3) is 0.714. The van der Waals surface area contributed by atoms with Crippen molar-refractivity contribution >= 4 is 11.8 Å². The first-order valence-electron chi connectivity index (χ1n) is 6.26. The molecule has 4 heteroatoms. The van der Waals surface area contributed by atoms with Gasteiger partial charge in [0.25, 0.3) is 0 Å². The molecule has 0 saturated carbocycles. The van der Waals surface area contributed by atoms with Crippen LogP contribution in [0.5, 0.6) is 0 Å². The van der Waals surface area contributed by atoms with Crippen molar-refractivity contribution < 1.29 is 19.1 Å². The lowest BCUT2D eigenvalue weighted by molar-refractivity contribution is -0.146. The standard InChI is InChI=1S/C14H22O4/c1-4-6-13(5-2)11-14(16)18-10-9-17-8-7-12(3)15/h1,13H,5-11H2,2-3H3. The van der Waals surface area contributed by atoms with Crippen LogP contribution in [0, 0.1) is 18.3 Å². The molecule has 0 aromatic rings. The van der Waals surface area contributed by atoms with Crippen LogP contribution in [0.2, 0.25) is 0 Å². The van der Waals surface area contributed by atoms with E-state index in [4.69, 9.17) is 15.9 Å². The van der Waals surface area contributed by atoms with E-state index < -0.39 is 0 Å². The highest BCUT2D eigenvalue weighted by atomic mass is 16.6. The smallest absolute Gasteiger partial charge is 0.306 e. The second kappa shape index (κ2) is 10.8. The number of ether oxygens (including phenoxy) is 2. The predicted octanol–water partition coefficient (Wildman–Crippen LogP) is 1.96. The lowest BCUT2D eigenvalue weighted by atomic mass is 9.99. The fourth-order valence-corrected chi connectivity index (χ4v) is 1.35. The third-order valence-corrected chi connectivity index (χ3v) is 2.53. The molecule has 0 heterocycles. The molecule has 102 valence electrons. The van der Waals surface area contributed by atoms with E-state index in [9.17, 15) is 9.59 Å². The SMILES string of the molecule is C#CCC(CC)CC(=O)OCCOCCC(C)=O. The van der Waals surface area contributed by atoms with Gasteiger partial charge in [-0.25, -0.2) is 0 Å². The number of carbonyl (C=O) groups excluding carboxylic acids is 2. The van der Waals surface area contributed by atoms with E-state index >= 15 is 0 Å². The Kier molecular flexibility index (Phi) is 9.99. The van der Waals surface area contributed by atoms with Crippen LogP contribution in [0.1, 0.15) is 39.5 Å². The minimum Gasteiger partial charge on any atom is -0.463 e. The summed E-state index contributed by atoms with van der Waals surface area (Å²) in [6, 6.07) is 0. The first-order valence-corrected chi connectivity index (χ1v) is 6.26. The first kappa shape index (κ1) is 16.7. The summed E-state index contributed by atoms with van der Waals surface area (Å²) in [6.07, 6.45) is 7.43. The Morgan fingerprint density at radius 1 is 1.28 bits per heavy atom. The maximum absolute atomic E-state index is 11.4. The van der Waals surface area contributed by atoms with Crippen LogP contribution in [-0.2, 0) is 19.1 Å². The summed E-state index contributed by atoms with van der Waals surface area (Å²) >= 11 is 0. The Morgan fingerprint density at radius 2 is 2.00 bits per heavy atom. The zero-order valence-electron chi connectivity index (χ0n) is 11.2. The molecular weight excluding hydrogens is 232 g/mol. The monoisotopic (exact) mass is 254 g/mol. The summed E-state index contributed by atoms with van der Waals surface area (Å²) in [6.45, 7) is 4.44. The van der Waals surface area contributed by atoms with Gasteiger partial charge in [0.05, 0.1) is 13.2 Å². The normalized spacial score (nSPS) is 11.6. The van der Waals surface area contributed by atoms with Gasteiger partial charge in [0.15, 0.2) is 0 Å². The molecule has 18 heavy (non-hydrogen) atoms. The van der Waals surface area contributed by atoms with Crippen LogP contribution in [0.25, 0.3) is 0 Å². The van der Waals surface area contributed by atoms with Gasteiger partial charge in [-0.1, -0.05) is 13.3 Å². The van der Waals surface area contributed by atoms with Gasteiger partial charge in [0.1, 0.15) is 12.4 Å². The average molecular weight is 254 g/mol. The van der Waals surface area contributed by atoms with Crippen molar-refractivity contribution in [2.75, 3.05) is 19.8 Å². The molecule has 0 radical (unpaired) electrons. The van der Waals surface area contributed by atoms with Gasteiger partial charge >= 0.3 is 5.97 Å². The lowest BCUT2D eigenvalue weighted by Crippen LogP contribution is -2.14. The molecule has 0 aromatic heterocycles. The number of hydrogen-bond donors (Lipinski definition) is 0. The molecule has 0 saturated heterocycles. The molecule has 0 rings (SSSR count). The number of Topliss-reactive ketones (excluding diaryl/α,β-unsaturated/α-hetero) is 1. The molecule has 1 unspecified atom stereocenters. The Hall–Kier alpha value is -1.34. The van der Waals surface area contributed by atoms with Crippen LogP contribution in [0.4, 0.5) is 0 Å². The molecule has 0 spiro atoms. The van der Waals surface area contributed by atoms with Crippen molar-refractivity contribution in [3.63, 3.8) is 0 Å².